The highest BCUT2D eigenvalue weighted by atomic mass is 15.3. The molecule has 2 aromatic rings. The summed E-state index contributed by atoms with van der Waals surface area (Å²) in [5.41, 5.74) is 5.52. The molecule has 0 bridgehead atoms. The molecule has 1 saturated carbocycles. The van der Waals surface area contributed by atoms with Crippen LogP contribution in [0.1, 0.15) is 108 Å². The summed E-state index contributed by atoms with van der Waals surface area (Å²) in [5.74, 6) is 0. The minimum atomic E-state index is 0.534. The number of rotatable bonds is 4. The third-order valence-electron chi connectivity index (χ3n) is 7.99. The summed E-state index contributed by atoms with van der Waals surface area (Å²) < 4.78 is 0. The molecule has 2 aromatic carbocycles. The maximum Gasteiger partial charge on any atom is 0.0542 e. The van der Waals surface area contributed by atoms with Gasteiger partial charge in [0.25, 0.3) is 0 Å². The third kappa shape index (κ3) is 15.0. The molecule has 0 N–H and O–H groups in total. The smallest absolute Gasteiger partial charge is 0.0542 e. The molecule has 0 aromatic heterocycles. The normalized spacial score (nSPS) is 18.2. The Morgan fingerprint density at radius 2 is 1.26 bits per heavy atom. The maximum atomic E-state index is 3.83. The molecule has 0 spiro atoms. The molecule has 3 heteroatoms. The maximum absolute atomic E-state index is 3.83. The average Bonchev–Trinajstić information content (AvgIpc) is 3.09. The predicted octanol–water partition coefficient (Wildman–Crippen LogP) is 11.2. The Morgan fingerprint density at radius 3 is 1.79 bits per heavy atom. The third-order valence-corrected chi connectivity index (χ3v) is 7.99. The van der Waals surface area contributed by atoms with E-state index >= 15 is 0 Å². The highest BCUT2D eigenvalue weighted by Crippen LogP contribution is 2.35. The van der Waals surface area contributed by atoms with Crippen molar-refractivity contribution < 1.29 is 0 Å². The van der Waals surface area contributed by atoms with Crippen molar-refractivity contribution in [3.05, 3.63) is 104 Å². The van der Waals surface area contributed by atoms with E-state index in [2.05, 4.69) is 124 Å². The number of piperazine rings is 1. The Morgan fingerprint density at radius 1 is 0.698 bits per heavy atom. The summed E-state index contributed by atoms with van der Waals surface area (Å²) in [5, 5.41) is 0. The van der Waals surface area contributed by atoms with E-state index in [1.807, 2.05) is 20.0 Å². The van der Waals surface area contributed by atoms with Crippen molar-refractivity contribution in [1.29, 1.82) is 0 Å². The molecule has 1 atom stereocenters. The quantitative estimate of drug-likeness (QED) is 0.328. The van der Waals surface area contributed by atoms with Gasteiger partial charge in [0.1, 0.15) is 0 Å². The first-order valence-corrected chi connectivity index (χ1v) is 17.1. The molecule has 3 fully saturated rings. The second-order valence-electron chi connectivity index (χ2n) is 11.2. The van der Waals surface area contributed by atoms with Crippen molar-refractivity contribution in [3.8, 4) is 0 Å². The number of aryl methyl sites for hydroxylation is 2. The van der Waals surface area contributed by atoms with E-state index in [1.54, 1.807) is 0 Å². The fourth-order valence-corrected chi connectivity index (χ4v) is 5.93. The molecular weight excluding hydrogens is 522 g/mol. The predicted molar refractivity (Wildman–Crippen MR) is 196 cm³/mol. The highest BCUT2D eigenvalue weighted by molar-refractivity contribution is 5.50. The van der Waals surface area contributed by atoms with Gasteiger partial charge in [0, 0.05) is 44.5 Å². The minimum Gasteiger partial charge on any atom is -0.375 e. The lowest BCUT2D eigenvalue weighted by atomic mass is 9.93. The van der Waals surface area contributed by atoms with Crippen molar-refractivity contribution in [2.75, 3.05) is 37.6 Å². The van der Waals surface area contributed by atoms with Gasteiger partial charge < -0.3 is 9.80 Å². The van der Waals surface area contributed by atoms with Gasteiger partial charge in [-0.3, -0.25) is 4.90 Å². The Balaban J connectivity index is 0.000000671. The van der Waals surface area contributed by atoms with E-state index in [9.17, 15) is 0 Å². The average molecular weight is 590 g/mol. The molecule has 2 heterocycles. The molecule has 3 aliphatic rings. The lowest BCUT2D eigenvalue weighted by molar-refractivity contribution is 0.0997. The van der Waals surface area contributed by atoms with Gasteiger partial charge in [0.05, 0.1) is 6.04 Å². The number of hydrogen-bond acceptors (Lipinski definition) is 3. The van der Waals surface area contributed by atoms with E-state index in [0.29, 0.717) is 6.04 Å². The monoisotopic (exact) mass is 590 g/mol. The van der Waals surface area contributed by atoms with Crippen LogP contribution in [-0.4, -0.2) is 48.6 Å². The van der Waals surface area contributed by atoms with Gasteiger partial charge in [-0.2, -0.15) is 0 Å². The van der Waals surface area contributed by atoms with E-state index < -0.39 is 0 Å². The molecule has 1 aliphatic carbocycles. The van der Waals surface area contributed by atoms with Crippen LogP contribution in [0.3, 0.4) is 0 Å². The number of nitrogens with zero attached hydrogens (tertiary/aromatic N) is 3. The van der Waals surface area contributed by atoms with Crippen LogP contribution in [0.25, 0.3) is 0 Å². The molecule has 0 amide bonds. The van der Waals surface area contributed by atoms with Gasteiger partial charge in [-0.1, -0.05) is 107 Å². The van der Waals surface area contributed by atoms with E-state index in [1.165, 1.54) is 113 Å². The molecule has 43 heavy (non-hydrogen) atoms. The van der Waals surface area contributed by atoms with Crippen LogP contribution in [0.2, 0.25) is 0 Å². The Kier molecular flexibility index (Phi) is 24.0. The van der Waals surface area contributed by atoms with Crippen molar-refractivity contribution in [1.82, 2.24) is 9.80 Å². The van der Waals surface area contributed by atoms with Gasteiger partial charge in [-0.15, -0.1) is 26.3 Å². The van der Waals surface area contributed by atoms with Crippen molar-refractivity contribution in [3.63, 3.8) is 0 Å². The van der Waals surface area contributed by atoms with Gasteiger partial charge in [0.15, 0.2) is 0 Å². The van der Waals surface area contributed by atoms with Crippen molar-refractivity contribution in [2.24, 2.45) is 0 Å². The van der Waals surface area contributed by atoms with E-state index in [0.717, 1.165) is 6.04 Å². The second kappa shape index (κ2) is 25.7. The summed E-state index contributed by atoms with van der Waals surface area (Å²) in [7, 11) is 0. The first-order chi connectivity index (χ1) is 21.0. The summed E-state index contributed by atoms with van der Waals surface area (Å²) in [4.78, 5) is 7.61. The molecule has 2 saturated heterocycles. The number of benzene rings is 2. The number of anilines is 1. The van der Waals surface area contributed by atoms with Crippen molar-refractivity contribution in [2.45, 2.75) is 111 Å². The van der Waals surface area contributed by atoms with Gasteiger partial charge >= 0.3 is 0 Å². The summed E-state index contributed by atoms with van der Waals surface area (Å²) in [6.07, 6.45) is 14.4. The molecule has 0 radical (unpaired) electrons. The standard InChI is InChI=1S/C19H23N.C12H22N2.C3H8.C2H6.2C2H4/c1-15-9-11-18(12-10-15)20-13-4-3-8-19(20)17-7-5-6-16(2)14-17;1-2-13-8-10-14(11-9-13)12-6-4-3-5-7-12;1-3-2;3*1-2/h5-7,9-12,14,19H,3-4,8,13H2,1-2H3;2,12H,1,3-11H2;3H2,1-2H3;1-2H3;2*1-2H2/t19-;;;;;/m0...../s1. The lowest BCUT2D eigenvalue weighted by Crippen LogP contribution is -2.49. The largest absolute Gasteiger partial charge is 0.375 e. The van der Waals surface area contributed by atoms with Crippen LogP contribution in [0.4, 0.5) is 5.69 Å². The van der Waals surface area contributed by atoms with Gasteiger partial charge in [-0.05, 0) is 69.8 Å². The zero-order valence-electron chi connectivity index (χ0n) is 29.1. The molecule has 0 unspecified atom stereocenters. The van der Waals surface area contributed by atoms with Gasteiger partial charge in [0.2, 0.25) is 0 Å². The number of hydrogen-bond donors (Lipinski definition) is 0. The van der Waals surface area contributed by atoms with Crippen LogP contribution in [-0.2, 0) is 0 Å². The fourth-order valence-electron chi connectivity index (χ4n) is 5.93. The van der Waals surface area contributed by atoms with Crippen molar-refractivity contribution >= 4 is 5.69 Å². The Bertz CT molecular complexity index is 921. The van der Waals surface area contributed by atoms with Gasteiger partial charge in [-0.25, -0.2) is 0 Å². The topological polar surface area (TPSA) is 9.72 Å². The zero-order chi connectivity index (χ0) is 32.5. The van der Waals surface area contributed by atoms with Crippen LogP contribution >= 0.6 is 0 Å². The van der Waals surface area contributed by atoms with Crippen LogP contribution < -0.4 is 4.90 Å². The molecule has 2 aliphatic heterocycles. The highest BCUT2D eigenvalue weighted by Gasteiger charge is 2.25. The summed E-state index contributed by atoms with van der Waals surface area (Å²) in [6, 6.07) is 19.4. The van der Waals surface area contributed by atoms with Crippen LogP contribution in [0.5, 0.6) is 0 Å². The Labute approximate surface area is 268 Å². The summed E-state index contributed by atoms with van der Waals surface area (Å²) in [6.45, 7) is 34.4. The molecular formula is C40H67N3. The SMILES string of the molecule is C=C.C=C.C=CN1CCN(C2CCCCC2)CC1.CC.CCC.Cc1ccc(N2CCCC[C@H]2c2cccc(C)c2)cc1. The van der Waals surface area contributed by atoms with E-state index in [4.69, 9.17) is 0 Å². The molecule has 242 valence electrons. The van der Waals surface area contributed by atoms with Crippen LogP contribution in [0, 0.1) is 13.8 Å². The first kappa shape index (κ1) is 40.2. The van der Waals surface area contributed by atoms with Crippen LogP contribution in [0.15, 0.2) is 87.6 Å². The fraction of sp³-hybridized carbons (Fsp3) is 0.550. The second-order valence-corrected chi connectivity index (χ2v) is 11.2. The molecule has 3 nitrogen and oxygen atoms in total. The first-order valence-electron chi connectivity index (χ1n) is 17.1. The zero-order valence-corrected chi connectivity index (χ0v) is 29.1. The molecule has 5 rings (SSSR count). The summed E-state index contributed by atoms with van der Waals surface area (Å²) >= 11 is 0. The van der Waals surface area contributed by atoms with E-state index in [-0.39, 0.29) is 0 Å². The lowest BCUT2D eigenvalue weighted by Gasteiger charge is -2.40. The minimum absolute atomic E-state index is 0.534. The number of piperidine rings is 1. The Hall–Kier alpha value is -2.78.